The van der Waals surface area contributed by atoms with Gasteiger partial charge in [0.05, 0.1) is 0 Å². The molecule has 0 aliphatic rings. The zero-order chi connectivity index (χ0) is 16.2. The number of carbonyl (C=O) groups excluding carboxylic acids is 1. The molecule has 0 unspecified atom stereocenters. The van der Waals surface area contributed by atoms with Crippen molar-refractivity contribution >= 4 is 11.6 Å². The molecule has 3 rings (SSSR count). The molecular weight excluding hydrogens is 298 g/mol. The van der Waals surface area contributed by atoms with Crippen molar-refractivity contribution < 1.29 is 18.4 Å². The number of aromatic nitrogens is 2. The quantitative estimate of drug-likeness (QED) is 0.778. The largest absolute Gasteiger partial charge is 0.484 e. The van der Waals surface area contributed by atoms with Gasteiger partial charge in [-0.3, -0.25) is 4.79 Å². The van der Waals surface area contributed by atoms with E-state index in [1.807, 2.05) is 13.0 Å². The Morgan fingerprint density at radius 3 is 2.83 bits per heavy atom. The van der Waals surface area contributed by atoms with Crippen LogP contribution in [-0.4, -0.2) is 16.1 Å². The average Bonchev–Trinajstić information content (AvgIpc) is 3.13. The van der Waals surface area contributed by atoms with E-state index in [2.05, 4.69) is 15.5 Å². The number of amides is 1. The predicted octanol–water partition coefficient (Wildman–Crippen LogP) is 3.18. The van der Waals surface area contributed by atoms with Gasteiger partial charge in [0.1, 0.15) is 11.5 Å². The van der Waals surface area contributed by atoms with Crippen molar-refractivity contribution in [1.29, 1.82) is 0 Å². The van der Waals surface area contributed by atoms with Crippen molar-refractivity contribution in [3.8, 4) is 17.4 Å². The van der Waals surface area contributed by atoms with Gasteiger partial charge in [-0.15, -0.1) is 10.2 Å². The second kappa shape index (κ2) is 6.35. The zero-order valence-corrected chi connectivity index (χ0v) is 12.7. The summed E-state index contributed by atoms with van der Waals surface area (Å²) in [6, 6.07) is 10.6. The molecule has 2 heterocycles. The monoisotopic (exact) mass is 313 g/mol. The van der Waals surface area contributed by atoms with E-state index in [0.29, 0.717) is 29.0 Å². The van der Waals surface area contributed by atoms with Gasteiger partial charge in [-0.25, -0.2) is 0 Å². The molecule has 0 spiro atoms. The normalized spacial score (nSPS) is 10.5. The molecule has 1 aromatic carbocycles. The van der Waals surface area contributed by atoms with E-state index in [4.69, 9.17) is 13.6 Å². The Morgan fingerprint density at radius 2 is 2.09 bits per heavy atom. The van der Waals surface area contributed by atoms with Crippen LogP contribution >= 0.6 is 0 Å². The van der Waals surface area contributed by atoms with Crippen LogP contribution in [0.15, 0.2) is 45.2 Å². The number of anilines is 1. The number of ether oxygens (including phenoxy) is 1. The van der Waals surface area contributed by atoms with E-state index in [9.17, 15) is 4.79 Å². The summed E-state index contributed by atoms with van der Waals surface area (Å²) in [5.41, 5.74) is 0.660. The second-order valence-electron chi connectivity index (χ2n) is 4.91. The molecular formula is C16H15N3O4. The number of nitrogens with one attached hydrogen (secondary N) is 1. The van der Waals surface area contributed by atoms with E-state index < -0.39 is 0 Å². The van der Waals surface area contributed by atoms with Gasteiger partial charge >= 0.3 is 0 Å². The number of aryl methyl sites for hydroxylation is 1. The maximum absolute atomic E-state index is 11.0. The summed E-state index contributed by atoms with van der Waals surface area (Å²) in [5, 5.41) is 10.5. The van der Waals surface area contributed by atoms with Gasteiger partial charge in [0, 0.05) is 18.7 Å². The van der Waals surface area contributed by atoms with Crippen molar-refractivity contribution in [1.82, 2.24) is 10.2 Å². The minimum Gasteiger partial charge on any atom is -0.484 e. The Bertz CT molecular complexity index is 822. The van der Waals surface area contributed by atoms with Gasteiger partial charge < -0.3 is 18.9 Å². The third-order valence-electron chi connectivity index (χ3n) is 2.93. The van der Waals surface area contributed by atoms with Gasteiger partial charge in [-0.05, 0) is 31.2 Å². The molecule has 7 nitrogen and oxygen atoms in total. The number of hydrogen-bond acceptors (Lipinski definition) is 6. The van der Waals surface area contributed by atoms with Gasteiger partial charge in [0.15, 0.2) is 12.4 Å². The minimum atomic E-state index is -0.141. The Labute approximate surface area is 132 Å². The molecule has 0 saturated heterocycles. The lowest BCUT2D eigenvalue weighted by molar-refractivity contribution is -0.114. The van der Waals surface area contributed by atoms with Crippen molar-refractivity contribution in [3.63, 3.8) is 0 Å². The van der Waals surface area contributed by atoms with Crippen LogP contribution in [0.25, 0.3) is 11.7 Å². The lowest BCUT2D eigenvalue weighted by atomic mass is 10.3. The summed E-state index contributed by atoms with van der Waals surface area (Å²) >= 11 is 0. The lowest BCUT2D eigenvalue weighted by Crippen LogP contribution is -2.05. The van der Waals surface area contributed by atoms with Crippen LogP contribution in [0.4, 0.5) is 5.69 Å². The van der Waals surface area contributed by atoms with Crippen LogP contribution in [0.5, 0.6) is 5.75 Å². The first-order chi connectivity index (χ1) is 11.1. The van der Waals surface area contributed by atoms with Gasteiger partial charge in [0.25, 0.3) is 11.8 Å². The predicted molar refractivity (Wildman–Crippen MR) is 81.8 cm³/mol. The zero-order valence-electron chi connectivity index (χ0n) is 12.7. The fourth-order valence-corrected chi connectivity index (χ4v) is 1.97. The highest BCUT2D eigenvalue weighted by Gasteiger charge is 2.12. The van der Waals surface area contributed by atoms with Gasteiger partial charge in [0.2, 0.25) is 5.91 Å². The van der Waals surface area contributed by atoms with E-state index in [1.165, 1.54) is 6.92 Å². The molecule has 23 heavy (non-hydrogen) atoms. The van der Waals surface area contributed by atoms with Crippen LogP contribution < -0.4 is 10.1 Å². The molecule has 7 heteroatoms. The minimum absolute atomic E-state index is 0.121. The highest BCUT2D eigenvalue weighted by molar-refractivity contribution is 5.88. The van der Waals surface area contributed by atoms with Crippen molar-refractivity contribution in [3.05, 3.63) is 48.0 Å². The molecule has 118 valence electrons. The number of rotatable bonds is 5. The topological polar surface area (TPSA) is 90.4 Å². The van der Waals surface area contributed by atoms with Crippen LogP contribution in [0, 0.1) is 6.92 Å². The molecule has 1 amide bonds. The number of carbonyl (C=O) groups is 1. The Hall–Kier alpha value is -3.09. The number of benzene rings is 1. The summed E-state index contributed by atoms with van der Waals surface area (Å²) in [7, 11) is 0. The third kappa shape index (κ3) is 3.76. The van der Waals surface area contributed by atoms with E-state index >= 15 is 0 Å². The molecule has 0 radical (unpaired) electrons. The molecule has 0 atom stereocenters. The van der Waals surface area contributed by atoms with Crippen molar-refractivity contribution in [2.45, 2.75) is 20.5 Å². The molecule has 0 bridgehead atoms. The maximum Gasteiger partial charge on any atom is 0.283 e. The van der Waals surface area contributed by atoms with Crippen LogP contribution in [0.1, 0.15) is 18.6 Å². The van der Waals surface area contributed by atoms with Crippen LogP contribution in [-0.2, 0) is 11.4 Å². The van der Waals surface area contributed by atoms with E-state index in [1.54, 1.807) is 30.3 Å². The fourth-order valence-electron chi connectivity index (χ4n) is 1.97. The third-order valence-corrected chi connectivity index (χ3v) is 2.93. The van der Waals surface area contributed by atoms with Crippen molar-refractivity contribution in [2.75, 3.05) is 5.32 Å². The summed E-state index contributed by atoms with van der Waals surface area (Å²) in [5.74, 6) is 2.38. The summed E-state index contributed by atoms with van der Waals surface area (Å²) in [4.78, 5) is 11.0. The van der Waals surface area contributed by atoms with Crippen molar-refractivity contribution in [2.24, 2.45) is 0 Å². The number of furan rings is 1. The first-order valence-electron chi connectivity index (χ1n) is 7.00. The first kappa shape index (κ1) is 14.8. The maximum atomic E-state index is 11.0. The van der Waals surface area contributed by atoms with Gasteiger partial charge in [-0.2, -0.15) is 0 Å². The smallest absolute Gasteiger partial charge is 0.283 e. The van der Waals surface area contributed by atoms with Crippen LogP contribution in [0.2, 0.25) is 0 Å². The SMILES string of the molecule is CC(=O)Nc1cccc(OCc2nnc(-c3ccc(C)o3)o2)c1. The molecule has 0 aliphatic heterocycles. The molecule has 3 aromatic rings. The molecule has 2 aromatic heterocycles. The Kier molecular flexibility index (Phi) is 4.09. The number of nitrogens with zero attached hydrogens (tertiary/aromatic N) is 2. The summed E-state index contributed by atoms with van der Waals surface area (Å²) in [6.07, 6.45) is 0. The molecule has 0 saturated carbocycles. The van der Waals surface area contributed by atoms with E-state index in [-0.39, 0.29) is 12.5 Å². The Balaban J connectivity index is 1.65. The first-order valence-corrected chi connectivity index (χ1v) is 7.00. The molecule has 1 N–H and O–H groups in total. The standard InChI is InChI=1S/C16H15N3O4/c1-10-6-7-14(22-10)16-19-18-15(23-16)9-21-13-5-3-4-12(8-13)17-11(2)20/h3-8H,9H2,1-2H3,(H,17,20). The molecule has 0 aliphatic carbocycles. The van der Waals surface area contributed by atoms with Crippen LogP contribution in [0.3, 0.4) is 0 Å². The average molecular weight is 313 g/mol. The van der Waals surface area contributed by atoms with E-state index in [0.717, 1.165) is 5.76 Å². The second-order valence-corrected chi connectivity index (χ2v) is 4.91. The molecule has 0 fully saturated rings. The summed E-state index contributed by atoms with van der Waals surface area (Å²) in [6.45, 7) is 3.41. The number of hydrogen-bond donors (Lipinski definition) is 1. The fraction of sp³-hybridized carbons (Fsp3) is 0.188. The lowest BCUT2D eigenvalue weighted by Gasteiger charge is -2.06. The Morgan fingerprint density at radius 1 is 1.22 bits per heavy atom. The van der Waals surface area contributed by atoms with Gasteiger partial charge in [-0.1, -0.05) is 6.07 Å². The highest BCUT2D eigenvalue weighted by atomic mass is 16.5. The highest BCUT2D eigenvalue weighted by Crippen LogP contribution is 2.22. The summed E-state index contributed by atoms with van der Waals surface area (Å²) < 4.78 is 16.5.